The first-order valence-corrected chi connectivity index (χ1v) is 4.72. The summed E-state index contributed by atoms with van der Waals surface area (Å²) in [5.41, 5.74) is 0.189. The zero-order valence-corrected chi connectivity index (χ0v) is 7.56. The Kier molecular flexibility index (Phi) is 1.29. The van der Waals surface area contributed by atoms with Crippen molar-refractivity contribution in [2.45, 2.75) is 24.4 Å². The van der Waals surface area contributed by atoms with Crippen LogP contribution in [0.1, 0.15) is 18.4 Å². The summed E-state index contributed by atoms with van der Waals surface area (Å²) in [5, 5.41) is 9.23. The van der Waals surface area contributed by atoms with Gasteiger partial charge in [0.15, 0.2) is 0 Å². The second-order valence-electron chi connectivity index (χ2n) is 4.03. The van der Waals surface area contributed by atoms with Gasteiger partial charge in [-0.1, -0.05) is 18.2 Å². The summed E-state index contributed by atoms with van der Waals surface area (Å²) in [6, 6.07) is 7.45. The SMILES string of the molecule is O=C(O)C12CC(C1)Oc1ccccc12. The van der Waals surface area contributed by atoms with Crippen LogP contribution < -0.4 is 4.74 Å². The fourth-order valence-corrected chi connectivity index (χ4v) is 2.45. The fourth-order valence-electron chi connectivity index (χ4n) is 2.45. The third kappa shape index (κ3) is 0.750. The first kappa shape index (κ1) is 7.85. The Balaban J connectivity index is 2.18. The molecule has 1 aromatic carbocycles. The smallest absolute Gasteiger partial charge is 0.314 e. The molecule has 4 rings (SSSR count). The molecule has 1 fully saturated rings. The second kappa shape index (κ2) is 2.29. The van der Waals surface area contributed by atoms with E-state index in [2.05, 4.69) is 0 Å². The zero-order chi connectivity index (χ0) is 9.76. The molecule has 14 heavy (non-hydrogen) atoms. The van der Waals surface area contributed by atoms with Gasteiger partial charge >= 0.3 is 5.97 Å². The number of carboxylic acids is 1. The van der Waals surface area contributed by atoms with Gasteiger partial charge in [-0.2, -0.15) is 0 Å². The maximum absolute atomic E-state index is 11.2. The van der Waals surface area contributed by atoms with E-state index in [-0.39, 0.29) is 6.10 Å². The van der Waals surface area contributed by atoms with Crippen molar-refractivity contribution in [3.63, 3.8) is 0 Å². The summed E-state index contributed by atoms with van der Waals surface area (Å²) in [5.74, 6) is 0.0295. The lowest BCUT2D eigenvalue weighted by Gasteiger charge is -2.49. The molecule has 2 aliphatic heterocycles. The molecule has 0 unspecified atom stereocenters. The van der Waals surface area contributed by atoms with E-state index < -0.39 is 11.4 Å². The maximum Gasteiger partial charge on any atom is 0.314 e. The van der Waals surface area contributed by atoms with Crippen molar-refractivity contribution in [3.05, 3.63) is 29.8 Å². The Morgan fingerprint density at radius 2 is 2.14 bits per heavy atom. The van der Waals surface area contributed by atoms with Crippen molar-refractivity contribution >= 4 is 5.97 Å². The molecule has 1 aromatic rings. The van der Waals surface area contributed by atoms with E-state index in [1.807, 2.05) is 24.3 Å². The van der Waals surface area contributed by atoms with E-state index in [1.165, 1.54) is 0 Å². The van der Waals surface area contributed by atoms with Crippen LogP contribution in [0.5, 0.6) is 5.75 Å². The van der Waals surface area contributed by atoms with Crippen molar-refractivity contribution in [2.75, 3.05) is 0 Å². The van der Waals surface area contributed by atoms with Gasteiger partial charge in [-0.15, -0.1) is 0 Å². The number of benzene rings is 1. The van der Waals surface area contributed by atoms with Gasteiger partial charge in [0.05, 0.1) is 0 Å². The minimum Gasteiger partial charge on any atom is -0.490 e. The van der Waals surface area contributed by atoms with Gasteiger partial charge in [0.2, 0.25) is 0 Å². The summed E-state index contributed by atoms with van der Waals surface area (Å²) in [6.45, 7) is 0. The molecule has 1 saturated carbocycles. The lowest BCUT2D eigenvalue weighted by atomic mass is 9.61. The molecule has 3 aliphatic rings. The normalized spacial score (nSPS) is 32.4. The van der Waals surface area contributed by atoms with Gasteiger partial charge < -0.3 is 9.84 Å². The van der Waals surface area contributed by atoms with Crippen LogP contribution in [0.3, 0.4) is 0 Å². The van der Waals surface area contributed by atoms with Crippen molar-refractivity contribution in [2.24, 2.45) is 0 Å². The summed E-state index contributed by atoms with van der Waals surface area (Å²) in [6.07, 6.45) is 1.36. The van der Waals surface area contributed by atoms with E-state index in [1.54, 1.807) is 0 Å². The van der Waals surface area contributed by atoms with Crippen LogP contribution in [-0.2, 0) is 10.2 Å². The van der Waals surface area contributed by atoms with Gasteiger partial charge in [0, 0.05) is 18.4 Å². The number of para-hydroxylation sites is 1. The van der Waals surface area contributed by atoms with Crippen LogP contribution in [-0.4, -0.2) is 17.2 Å². The number of carboxylic acid groups (broad SMARTS) is 1. The van der Waals surface area contributed by atoms with Crippen molar-refractivity contribution in [1.29, 1.82) is 0 Å². The average Bonchev–Trinajstić information content (AvgIpc) is 2.15. The summed E-state index contributed by atoms with van der Waals surface area (Å²) < 4.78 is 5.61. The summed E-state index contributed by atoms with van der Waals surface area (Å²) in [7, 11) is 0. The fraction of sp³-hybridized carbons (Fsp3) is 0.364. The Labute approximate surface area is 81.3 Å². The molecular weight excluding hydrogens is 180 g/mol. The van der Waals surface area contributed by atoms with E-state index in [0.717, 1.165) is 11.3 Å². The van der Waals surface area contributed by atoms with Gasteiger partial charge in [-0.25, -0.2) is 0 Å². The van der Waals surface area contributed by atoms with E-state index in [0.29, 0.717) is 12.8 Å². The maximum atomic E-state index is 11.2. The molecule has 1 aliphatic carbocycles. The largest absolute Gasteiger partial charge is 0.490 e. The topological polar surface area (TPSA) is 46.5 Å². The minimum absolute atomic E-state index is 0.112. The summed E-state index contributed by atoms with van der Waals surface area (Å²) >= 11 is 0. The molecule has 0 spiro atoms. The highest BCUT2D eigenvalue weighted by atomic mass is 16.5. The Morgan fingerprint density at radius 1 is 1.43 bits per heavy atom. The van der Waals surface area contributed by atoms with Gasteiger partial charge in [0.25, 0.3) is 0 Å². The highest BCUT2D eigenvalue weighted by molar-refractivity contribution is 5.85. The standard InChI is InChI=1S/C11H10O3/c12-10(13)11-5-7(6-11)14-9-4-2-1-3-8(9)11/h1-4,7H,5-6H2,(H,12,13). The molecule has 0 atom stereocenters. The van der Waals surface area contributed by atoms with E-state index in [9.17, 15) is 9.90 Å². The highest BCUT2D eigenvalue weighted by Gasteiger charge is 2.57. The number of aliphatic carboxylic acids is 1. The number of hydrogen-bond donors (Lipinski definition) is 1. The first-order valence-electron chi connectivity index (χ1n) is 4.72. The van der Waals surface area contributed by atoms with Crippen LogP contribution in [0.25, 0.3) is 0 Å². The third-order valence-electron chi connectivity index (χ3n) is 3.26. The van der Waals surface area contributed by atoms with Crippen LogP contribution >= 0.6 is 0 Å². The van der Waals surface area contributed by atoms with Crippen molar-refractivity contribution < 1.29 is 14.6 Å². The second-order valence-corrected chi connectivity index (χ2v) is 4.03. The molecule has 0 aromatic heterocycles. The summed E-state index contributed by atoms with van der Waals surface area (Å²) in [4.78, 5) is 11.2. The molecule has 3 nitrogen and oxygen atoms in total. The van der Waals surface area contributed by atoms with Crippen LogP contribution in [0, 0.1) is 0 Å². The predicted molar refractivity (Wildman–Crippen MR) is 49.4 cm³/mol. The number of rotatable bonds is 1. The molecular formula is C11H10O3. The minimum atomic E-state index is -0.718. The monoisotopic (exact) mass is 190 g/mol. The van der Waals surface area contributed by atoms with E-state index >= 15 is 0 Å². The lowest BCUT2D eigenvalue weighted by Crippen LogP contribution is -2.56. The molecule has 0 amide bonds. The van der Waals surface area contributed by atoms with Crippen LogP contribution in [0.15, 0.2) is 24.3 Å². The van der Waals surface area contributed by atoms with Gasteiger partial charge in [0.1, 0.15) is 17.3 Å². The molecule has 2 bridgehead atoms. The number of ether oxygens (including phenoxy) is 1. The quantitative estimate of drug-likeness (QED) is 0.731. The predicted octanol–water partition coefficient (Wildman–Crippen LogP) is 1.56. The Bertz CT molecular complexity index is 405. The molecule has 3 heteroatoms. The lowest BCUT2D eigenvalue weighted by molar-refractivity contribution is -0.154. The average molecular weight is 190 g/mol. The molecule has 0 saturated heterocycles. The Morgan fingerprint density at radius 3 is 2.86 bits per heavy atom. The first-order chi connectivity index (χ1) is 6.72. The van der Waals surface area contributed by atoms with E-state index in [4.69, 9.17) is 4.74 Å². The van der Waals surface area contributed by atoms with Crippen LogP contribution in [0.4, 0.5) is 0 Å². The molecule has 2 heterocycles. The number of hydrogen-bond acceptors (Lipinski definition) is 2. The van der Waals surface area contributed by atoms with Gasteiger partial charge in [-0.05, 0) is 6.07 Å². The zero-order valence-electron chi connectivity index (χ0n) is 7.56. The van der Waals surface area contributed by atoms with Crippen molar-refractivity contribution in [3.8, 4) is 5.75 Å². The third-order valence-corrected chi connectivity index (χ3v) is 3.26. The molecule has 1 N–H and O–H groups in total. The van der Waals surface area contributed by atoms with Crippen molar-refractivity contribution in [1.82, 2.24) is 0 Å². The van der Waals surface area contributed by atoms with Crippen LogP contribution in [0.2, 0.25) is 0 Å². The Hall–Kier alpha value is -1.51. The van der Waals surface area contributed by atoms with Gasteiger partial charge in [-0.3, -0.25) is 4.79 Å². The highest BCUT2D eigenvalue weighted by Crippen LogP contribution is 2.53. The molecule has 72 valence electrons. The number of carbonyl (C=O) groups is 1. The molecule has 0 radical (unpaired) electrons.